The quantitative estimate of drug-likeness (QED) is 0.811. The topological polar surface area (TPSA) is 49.3 Å². The molecular formula is C14H19NO2. The van der Waals surface area contributed by atoms with Gasteiger partial charge in [0.2, 0.25) is 5.91 Å². The minimum atomic E-state index is -0.287. The van der Waals surface area contributed by atoms with Gasteiger partial charge in [-0.1, -0.05) is 29.8 Å². The zero-order valence-corrected chi connectivity index (χ0v) is 10.2. The van der Waals surface area contributed by atoms with Crippen molar-refractivity contribution in [1.82, 2.24) is 5.32 Å². The molecule has 0 spiro atoms. The predicted octanol–water partition coefficient (Wildman–Crippen LogP) is 1.57. The molecule has 1 fully saturated rings. The van der Waals surface area contributed by atoms with E-state index in [0.717, 1.165) is 19.3 Å². The Morgan fingerprint density at radius 3 is 2.53 bits per heavy atom. The summed E-state index contributed by atoms with van der Waals surface area (Å²) in [4.78, 5) is 11.7. The van der Waals surface area contributed by atoms with Gasteiger partial charge in [0.15, 0.2) is 0 Å². The smallest absolute Gasteiger partial charge is 0.220 e. The molecule has 1 aromatic carbocycles. The summed E-state index contributed by atoms with van der Waals surface area (Å²) >= 11 is 0. The van der Waals surface area contributed by atoms with Crippen LogP contribution in [0.2, 0.25) is 0 Å². The highest BCUT2D eigenvalue weighted by molar-refractivity contribution is 5.77. The van der Waals surface area contributed by atoms with Gasteiger partial charge in [-0.05, 0) is 31.7 Å². The monoisotopic (exact) mass is 233 g/mol. The summed E-state index contributed by atoms with van der Waals surface area (Å²) in [6, 6.07) is 8.23. The molecule has 1 amide bonds. The number of hydrogen-bond acceptors (Lipinski definition) is 2. The van der Waals surface area contributed by atoms with Gasteiger partial charge in [-0.3, -0.25) is 4.79 Å². The fourth-order valence-electron chi connectivity index (χ4n) is 1.84. The number of nitrogens with one attached hydrogen (secondary N) is 1. The fraction of sp³-hybridized carbons (Fsp3) is 0.500. The number of carbonyl (C=O) groups excluding carboxylic acids is 1. The number of rotatable bonds is 5. The molecule has 1 aromatic rings. The van der Waals surface area contributed by atoms with Gasteiger partial charge in [-0.15, -0.1) is 0 Å². The van der Waals surface area contributed by atoms with Crippen LogP contribution in [0.3, 0.4) is 0 Å². The van der Waals surface area contributed by atoms with E-state index >= 15 is 0 Å². The molecule has 0 heterocycles. The standard InChI is InChI=1S/C14H19NO2/c1-11-2-4-12(5-3-11)6-7-13(17)15-14(10-16)8-9-14/h2-5,16H,6-10H2,1H3,(H,15,17). The predicted molar refractivity (Wildman–Crippen MR) is 66.7 cm³/mol. The van der Waals surface area contributed by atoms with E-state index in [1.807, 2.05) is 0 Å². The molecule has 1 aliphatic carbocycles. The normalized spacial score (nSPS) is 16.6. The van der Waals surface area contributed by atoms with Crippen LogP contribution in [0.4, 0.5) is 0 Å². The van der Waals surface area contributed by atoms with Gasteiger partial charge in [0, 0.05) is 6.42 Å². The second-order valence-corrected chi connectivity index (χ2v) is 4.97. The molecule has 0 bridgehead atoms. The lowest BCUT2D eigenvalue weighted by atomic mass is 10.1. The van der Waals surface area contributed by atoms with E-state index in [1.165, 1.54) is 11.1 Å². The first-order chi connectivity index (χ1) is 8.13. The van der Waals surface area contributed by atoms with Crippen molar-refractivity contribution in [3.05, 3.63) is 35.4 Å². The average molecular weight is 233 g/mol. The Morgan fingerprint density at radius 2 is 2.00 bits per heavy atom. The summed E-state index contributed by atoms with van der Waals surface area (Å²) in [7, 11) is 0. The molecule has 1 saturated carbocycles. The number of aliphatic hydroxyl groups excluding tert-OH is 1. The maximum atomic E-state index is 11.7. The number of aryl methyl sites for hydroxylation is 2. The Labute approximate surface area is 102 Å². The first-order valence-corrected chi connectivity index (χ1v) is 6.11. The molecule has 0 atom stereocenters. The molecule has 0 saturated heterocycles. The van der Waals surface area contributed by atoms with Crippen LogP contribution in [0.15, 0.2) is 24.3 Å². The molecule has 3 heteroatoms. The molecule has 0 unspecified atom stereocenters. The Morgan fingerprint density at radius 1 is 1.35 bits per heavy atom. The van der Waals surface area contributed by atoms with E-state index < -0.39 is 0 Å². The minimum absolute atomic E-state index is 0.0390. The van der Waals surface area contributed by atoms with Gasteiger partial charge in [-0.2, -0.15) is 0 Å². The van der Waals surface area contributed by atoms with Gasteiger partial charge >= 0.3 is 0 Å². The van der Waals surface area contributed by atoms with Crippen LogP contribution in [0, 0.1) is 6.92 Å². The van der Waals surface area contributed by atoms with Crippen LogP contribution in [-0.2, 0) is 11.2 Å². The summed E-state index contributed by atoms with van der Waals surface area (Å²) in [5.41, 5.74) is 2.12. The van der Waals surface area contributed by atoms with Crippen LogP contribution >= 0.6 is 0 Å². The van der Waals surface area contributed by atoms with Crippen molar-refractivity contribution in [2.24, 2.45) is 0 Å². The van der Waals surface area contributed by atoms with E-state index in [4.69, 9.17) is 5.11 Å². The summed E-state index contributed by atoms with van der Waals surface area (Å²) in [5.74, 6) is 0.0390. The van der Waals surface area contributed by atoms with Crippen molar-refractivity contribution < 1.29 is 9.90 Å². The summed E-state index contributed by atoms with van der Waals surface area (Å²) < 4.78 is 0. The SMILES string of the molecule is Cc1ccc(CCC(=O)NC2(CO)CC2)cc1. The molecule has 0 aliphatic heterocycles. The van der Waals surface area contributed by atoms with E-state index in [0.29, 0.717) is 6.42 Å². The van der Waals surface area contributed by atoms with Crippen molar-refractivity contribution >= 4 is 5.91 Å². The van der Waals surface area contributed by atoms with Crippen LogP contribution in [0.25, 0.3) is 0 Å². The molecule has 92 valence electrons. The third-order valence-corrected chi connectivity index (χ3v) is 3.32. The molecule has 0 aromatic heterocycles. The maximum Gasteiger partial charge on any atom is 0.220 e. The Kier molecular flexibility index (Phi) is 3.48. The lowest BCUT2D eigenvalue weighted by molar-refractivity contribution is -0.122. The van der Waals surface area contributed by atoms with Crippen molar-refractivity contribution in [3.8, 4) is 0 Å². The highest BCUT2D eigenvalue weighted by Crippen LogP contribution is 2.34. The number of carbonyl (C=O) groups is 1. The first kappa shape index (κ1) is 12.1. The van der Waals surface area contributed by atoms with Crippen molar-refractivity contribution in [2.75, 3.05) is 6.61 Å². The number of hydrogen-bond donors (Lipinski definition) is 2. The molecule has 0 radical (unpaired) electrons. The summed E-state index contributed by atoms with van der Waals surface area (Å²) in [6.45, 7) is 2.11. The van der Waals surface area contributed by atoms with E-state index in [2.05, 4.69) is 36.5 Å². The second kappa shape index (κ2) is 4.88. The molecule has 3 nitrogen and oxygen atoms in total. The number of amides is 1. The van der Waals surface area contributed by atoms with Gasteiger partial charge in [0.1, 0.15) is 0 Å². The lowest BCUT2D eigenvalue weighted by Crippen LogP contribution is -2.39. The van der Waals surface area contributed by atoms with Gasteiger partial charge in [0.25, 0.3) is 0 Å². The van der Waals surface area contributed by atoms with Crippen LogP contribution in [-0.4, -0.2) is 23.2 Å². The summed E-state index contributed by atoms with van der Waals surface area (Å²) in [6.07, 6.45) is 3.05. The highest BCUT2D eigenvalue weighted by Gasteiger charge is 2.43. The lowest BCUT2D eigenvalue weighted by Gasteiger charge is -2.14. The number of benzene rings is 1. The molecule has 1 aliphatic rings. The van der Waals surface area contributed by atoms with Gasteiger partial charge in [-0.25, -0.2) is 0 Å². The third-order valence-electron chi connectivity index (χ3n) is 3.32. The van der Waals surface area contributed by atoms with E-state index in [1.54, 1.807) is 0 Å². The van der Waals surface area contributed by atoms with Gasteiger partial charge in [0.05, 0.1) is 12.1 Å². The van der Waals surface area contributed by atoms with E-state index in [-0.39, 0.29) is 18.1 Å². The van der Waals surface area contributed by atoms with Crippen molar-refractivity contribution in [3.63, 3.8) is 0 Å². The van der Waals surface area contributed by atoms with Crippen LogP contribution in [0.1, 0.15) is 30.4 Å². The Bertz CT molecular complexity index is 393. The first-order valence-electron chi connectivity index (χ1n) is 6.11. The molecule has 2 rings (SSSR count). The summed E-state index contributed by atoms with van der Waals surface area (Å²) in [5, 5.41) is 12.0. The Hall–Kier alpha value is -1.35. The molecule has 2 N–H and O–H groups in total. The number of aliphatic hydroxyl groups is 1. The fourth-order valence-corrected chi connectivity index (χ4v) is 1.84. The van der Waals surface area contributed by atoms with E-state index in [9.17, 15) is 4.79 Å². The third kappa shape index (κ3) is 3.30. The largest absolute Gasteiger partial charge is 0.394 e. The molecular weight excluding hydrogens is 214 g/mol. The van der Waals surface area contributed by atoms with Gasteiger partial charge < -0.3 is 10.4 Å². The van der Waals surface area contributed by atoms with Crippen LogP contribution < -0.4 is 5.32 Å². The average Bonchev–Trinajstić information content (AvgIpc) is 3.09. The zero-order valence-electron chi connectivity index (χ0n) is 10.2. The highest BCUT2D eigenvalue weighted by atomic mass is 16.3. The zero-order chi connectivity index (χ0) is 12.3. The Balaban J connectivity index is 1.78. The molecule has 17 heavy (non-hydrogen) atoms. The van der Waals surface area contributed by atoms with Crippen molar-refractivity contribution in [2.45, 2.75) is 38.1 Å². The second-order valence-electron chi connectivity index (χ2n) is 4.97. The van der Waals surface area contributed by atoms with Crippen LogP contribution in [0.5, 0.6) is 0 Å². The maximum absolute atomic E-state index is 11.7. The van der Waals surface area contributed by atoms with Crippen molar-refractivity contribution in [1.29, 1.82) is 0 Å². The minimum Gasteiger partial charge on any atom is -0.394 e.